The van der Waals surface area contributed by atoms with E-state index in [0.29, 0.717) is 11.1 Å². The molecule has 5 nitrogen and oxygen atoms in total. The molecule has 1 aliphatic carbocycles. The molecule has 0 aliphatic heterocycles. The lowest BCUT2D eigenvalue weighted by atomic mass is 9.81. The van der Waals surface area contributed by atoms with Crippen molar-refractivity contribution >= 4 is 16.7 Å². The van der Waals surface area contributed by atoms with Crippen molar-refractivity contribution in [2.75, 3.05) is 5.73 Å². The van der Waals surface area contributed by atoms with Gasteiger partial charge in [0.05, 0.1) is 11.1 Å². The summed E-state index contributed by atoms with van der Waals surface area (Å²) in [6, 6.07) is 12.2. The first-order chi connectivity index (χ1) is 11.7. The number of rotatable bonds is 1. The second kappa shape index (κ2) is 5.50. The number of fused-ring (bicyclic) bond motifs is 3. The molecule has 0 unspecified atom stereocenters. The molecule has 0 saturated heterocycles. The third kappa shape index (κ3) is 2.08. The number of H-pyrrole nitrogens is 1. The van der Waals surface area contributed by atoms with E-state index in [0.717, 1.165) is 53.3 Å². The van der Waals surface area contributed by atoms with Crippen LogP contribution in [0, 0.1) is 11.3 Å². The van der Waals surface area contributed by atoms with Gasteiger partial charge >= 0.3 is 5.69 Å². The van der Waals surface area contributed by atoms with Gasteiger partial charge in [0.2, 0.25) is 0 Å². The van der Waals surface area contributed by atoms with Crippen LogP contribution in [0.2, 0.25) is 0 Å². The summed E-state index contributed by atoms with van der Waals surface area (Å²) in [6.45, 7) is 0. The highest BCUT2D eigenvalue weighted by atomic mass is 16.1. The zero-order chi connectivity index (χ0) is 16.7. The highest BCUT2D eigenvalue weighted by Crippen LogP contribution is 2.40. The molecule has 1 heterocycles. The number of aromatic amines is 1. The highest BCUT2D eigenvalue weighted by Gasteiger charge is 2.24. The molecule has 4 rings (SSSR count). The minimum atomic E-state index is -0.522. The zero-order valence-electron chi connectivity index (χ0n) is 13.1. The van der Waals surface area contributed by atoms with Crippen molar-refractivity contribution in [2.24, 2.45) is 0 Å². The first-order valence-corrected chi connectivity index (χ1v) is 8.03. The predicted molar refractivity (Wildman–Crippen MR) is 93.6 cm³/mol. The van der Waals surface area contributed by atoms with Crippen LogP contribution in [-0.4, -0.2) is 9.97 Å². The number of hydrogen-bond donors (Lipinski definition) is 2. The molecule has 5 heteroatoms. The smallest absolute Gasteiger partial charge is 0.347 e. The number of aryl methyl sites for hydroxylation is 1. The van der Waals surface area contributed by atoms with Crippen LogP contribution in [0.4, 0.5) is 5.82 Å². The van der Waals surface area contributed by atoms with Crippen LogP contribution in [0.5, 0.6) is 0 Å². The zero-order valence-corrected chi connectivity index (χ0v) is 13.1. The number of aromatic nitrogens is 2. The summed E-state index contributed by atoms with van der Waals surface area (Å²) < 4.78 is 0. The van der Waals surface area contributed by atoms with E-state index in [1.807, 2.05) is 30.3 Å². The summed E-state index contributed by atoms with van der Waals surface area (Å²) in [6.07, 6.45) is 3.94. The van der Waals surface area contributed by atoms with Gasteiger partial charge in [-0.15, -0.1) is 0 Å². The first-order valence-electron chi connectivity index (χ1n) is 8.03. The van der Waals surface area contributed by atoms with Gasteiger partial charge in [-0.1, -0.05) is 30.3 Å². The Kier molecular flexibility index (Phi) is 3.31. The highest BCUT2D eigenvalue weighted by molar-refractivity contribution is 6.01. The molecule has 1 aromatic heterocycles. The Hall–Kier alpha value is -3.13. The van der Waals surface area contributed by atoms with Crippen LogP contribution in [0.1, 0.15) is 29.5 Å². The minimum Gasteiger partial charge on any atom is -0.383 e. The van der Waals surface area contributed by atoms with Crippen molar-refractivity contribution in [3.8, 4) is 17.2 Å². The van der Waals surface area contributed by atoms with Crippen molar-refractivity contribution in [2.45, 2.75) is 25.7 Å². The van der Waals surface area contributed by atoms with Crippen molar-refractivity contribution in [3.63, 3.8) is 0 Å². The topological polar surface area (TPSA) is 95.6 Å². The average molecular weight is 316 g/mol. The van der Waals surface area contributed by atoms with Crippen molar-refractivity contribution in [1.82, 2.24) is 9.97 Å². The van der Waals surface area contributed by atoms with Crippen molar-refractivity contribution in [1.29, 1.82) is 5.26 Å². The van der Waals surface area contributed by atoms with E-state index in [9.17, 15) is 10.1 Å². The Balaban J connectivity index is 2.24. The van der Waals surface area contributed by atoms with Gasteiger partial charge in [0.1, 0.15) is 11.9 Å². The summed E-state index contributed by atoms with van der Waals surface area (Å²) in [7, 11) is 0. The molecule has 1 aliphatic rings. The number of benzene rings is 2. The molecule has 0 bridgehead atoms. The van der Waals surface area contributed by atoms with E-state index in [1.165, 1.54) is 0 Å². The summed E-state index contributed by atoms with van der Waals surface area (Å²) in [5.41, 5.74) is 10.7. The van der Waals surface area contributed by atoms with E-state index in [2.05, 4.69) is 16.0 Å². The first kappa shape index (κ1) is 14.5. The van der Waals surface area contributed by atoms with E-state index < -0.39 is 5.69 Å². The number of hydrogen-bond acceptors (Lipinski definition) is 4. The van der Waals surface area contributed by atoms with Gasteiger partial charge < -0.3 is 10.7 Å². The molecule has 0 amide bonds. The normalized spacial score (nSPS) is 13.5. The molecular weight excluding hydrogens is 300 g/mol. The molecular formula is C19H16N4O. The molecule has 3 N–H and O–H groups in total. The largest absolute Gasteiger partial charge is 0.383 e. The lowest BCUT2D eigenvalue weighted by molar-refractivity contribution is 0.690. The monoisotopic (exact) mass is 316 g/mol. The second-order valence-electron chi connectivity index (χ2n) is 6.07. The van der Waals surface area contributed by atoms with Gasteiger partial charge in [-0.2, -0.15) is 10.2 Å². The molecule has 118 valence electrons. The summed E-state index contributed by atoms with van der Waals surface area (Å²) in [4.78, 5) is 18.4. The van der Waals surface area contributed by atoms with Crippen molar-refractivity contribution in [3.05, 3.63) is 57.5 Å². The maximum absolute atomic E-state index is 11.8. The Morgan fingerprint density at radius 3 is 2.54 bits per heavy atom. The van der Waals surface area contributed by atoms with E-state index in [1.54, 1.807) is 0 Å². The maximum Gasteiger partial charge on any atom is 0.347 e. The molecule has 2 aromatic carbocycles. The summed E-state index contributed by atoms with van der Waals surface area (Å²) in [5.74, 6) is 0.211. The lowest BCUT2D eigenvalue weighted by Crippen LogP contribution is -2.17. The van der Waals surface area contributed by atoms with Crippen LogP contribution in [0.15, 0.2) is 35.1 Å². The van der Waals surface area contributed by atoms with Crippen LogP contribution < -0.4 is 11.4 Å². The van der Waals surface area contributed by atoms with E-state index in [-0.39, 0.29) is 5.82 Å². The molecule has 0 radical (unpaired) electrons. The molecule has 0 atom stereocenters. The average Bonchev–Trinajstić information content (AvgIpc) is 2.60. The Labute approximate surface area is 138 Å². The fourth-order valence-corrected chi connectivity index (χ4v) is 3.75. The predicted octanol–water partition coefficient (Wildman–Crippen LogP) is 2.92. The summed E-state index contributed by atoms with van der Waals surface area (Å²) >= 11 is 0. The lowest BCUT2D eigenvalue weighted by Gasteiger charge is -2.23. The van der Waals surface area contributed by atoms with Gasteiger partial charge in [-0.05, 0) is 42.4 Å². The Morgan fingerprint density at radius 1 is 1.12 bits per heavy atom. The number of anilines is 1. The number of nitriles is 1. The van der Waals surface area contributed by atoms with Crippen LogP contribution in [-0.2, 0) is 12.8 Å². The van der Waals surface area contributed by atoms with Crippen LogP contribution >= 0.6 is 0 Å². The van der Waals surface area contributed by atoms with Gasteiger partial charge in [0, 0.05) is 10.9 Å². The molecule has 0 saturated carbocycles. The number of nitrogens with zero attached hydrogens (tertiary/aromatic N) is 2. The Morgan fingerprint density at radius 2 is 1.83 bits per heavy atom. The van der Waals surface area contributed by atoms with Gasteiger partial charge in [0.15, 0.2) is 0 Å². The molecule has 3 aromatic rings. The number of nitrogen functional groups attached to an aromatic ring is 1. The second-order valence-corrected chi connectivity index (χ2v) is 6.07. The number of nitrogens with one attached hydrogen (secondary N) is 1. The van der Waals surface area contributed by atoms with E-state index in [4.69, 9.17) is 5.73 Å². The standard InChI is InChI=1S/C19H16N4O/c20-10-14-15(11-6-2-1-3-7-11)12-8-4-5-9-13(12)16-17(14)22-19(24)23-18(16)21/h1-3,6-7H,4-5,8-9H2,(H3,21,22,23,24). The van der Waals surface area contributed by atoms with E-state index >= 15 is 0 Å². The quantitative estimate of drug-likeness (QED) is 0.721. The maximum atomic E-state index is 11.8. The van der Waals surface area contributed by atoms with Gasteiger partial charge in [0.25, 0.3) is 0 Å². The Bertz CT molecular complexity index is 1050. The molecule has 0 fully saturated rings. The van der Waals surface area contributed by atoms with Gasteiger partial charge in [-0.3, -0.25) is 0 Å². The molecule has 0 spiro atoms. The minimum absolute atomic E-state index is 0.211. The van der Waals surface area contributed by atoms with Gasteiger partial charge in [-0.25, -0.2) is 4.79 Å². The SMILES string of the molecule is N#Cc1c(-c2ccccc2)c2c(c3c(N)nc(=O)[nH]c13)CCCC2. The van der Waals surface area contributed by atoms with Crippen LogP contribution in [0.25, 0.3) is 22.0 Å². The van der Waals surface area contributed by atoms with Crippen LogP contribution in [0.3, 0.4) is 0 Å². The fraction of sp³-hybridized carbons (Fsp3) is 0.211. The number of nitrogens with two attached hydrogens (primary N) is 1. The summed E-state index contributed by atoms with van der Waals surface area (Å²) in [5, 5.41) is 10.6. The third-order valence-corrected chi connectivity index (χ3v) is 4.71. The fourth-order valence-electron chi connectivity index (χ4n) is 3.75. The van der Waals surface area contributed by atoms with Crippen molar-refractivity contribution < 1.29 is 0 Å². The third-order valence-electron chi connectivity index (χ3n) is 4.71. The molecule has 24 heavy (non-hydrogen) atoms.